The van der Waals surface area contributed by atoms with Crippen LogP contribution in [0.2, 0.25) is 0 Å². The normalized spacial score (nSPS) is 17.9. The largest absolute Gasteiger partial charge is 0.493 e. The number of aliphatic hydroxyl groups excluding tert-OH is 1. The van der Waals surface area contributed by atoms with Gasteiger partial charge in [-0.2, -0.15) is 0 Å². The Morgan fingerprint density at radius 3 is 2.45 bits per heavy atom. The van der Waals surface area contributed by atoms with E-state index < -0.39 is 6.23 Å². The van der Waals surface area contributed by atoms with Gasteiger partial charge in [0.2, 0.25) is 5.75 Å². The summed E-state index contributed by atoms with van der Waals surface area (Å²) in [7, 11) is 4.77. The van der Waals surface area contributed by atoms with Crippen LogP contribution in [-0.2, 0) is 17.8 Å². The maximum atomic E-state index is 9.99. The summed E-state index contributed by atoms with van der Waals surface area (Å²) >= 11 is 0. The number of rotatable bonds is 10. The second kappa shape index (κ2) is 11.6. The summed E-state index contributed by atoms with van der Waals surface area (Å²) in [5, 5.41) is 13.3. The maximum absolute atomic E-state index is 9.99. The van der Waals surface area contributed by atoms with Crippen molar-refractivity contribution in [3.8, 4) is 17.2 Å². The number of nitrogens with zero attached hydrogens (tertiary/aromatic N) is 6. The van der Waals surface area contributed by atoms with Crippen LogP contribution in [0.15, 0.2) is 49.3 Å². The summed E-state index contributed by atoms with van der Waals surface area (Å²) < 4.78 is 24.6. The van der Waals surface area contributed by atoms with E-state index in [2.05, 4.69) is 30.2 Å². The lowest BCUT2D eigenvalue weighted by Crippen LogP contribution is -2.46. The number of ether oxygens (including phenoxy) is 4. The highest BCUT2D eigenvalue weighted by molar-refractivity contribution is 5.82. The van der Waals surface area contributed by atoms with E-state index in [-0.39, 0.29) is 12.7 Å². The third-order valence-electron chi connectivity index (χ3n) is 6.44. The Kier molecular flexibility index (Phi) is 7.82. The summed E-state index contributed by atoms with van der Waals surface area (Å²) in [5.74, 6) is 2.36. The van der Waals surface area contributed by atoms with E-state index in [4.69, 9.17) is 18.9 Å². The molecule has 12 nitrogen and oxygen atoms in total. The van der Waals surface area contributed by atoms with Gasteiger partial charge in [0.05, 0.1) is 40.4 Å². The Morgan fingerprint density at radius 1 is 1.00 bits per heavy atom. The van der Waals surface area contributed by atoms with Crippen molar-refractivity contribution < 1.29 is 24.1 Å². The fraction of sp³-hybridized carbons (Fsp3) is 0.385. The number of aliphatic hydroxyl groups is 1. The number of fused-ring (bicyclic) bond motifs is 1. The van der Waals surface area contributed by atoms with Crippen LogP contribution in [0, 0.1) is 0 Å². The van der Waals surface area contributed by atoms with Crippen LogP contribution in [0.3, 0.4) is 0 Å². The minimum Gasteiger partial charge on any atom is -0.493 e. The SMILES string of the molecule is COc1cc(CN2C[C@@H](CO)O[C@@H](n3cnc4c(NCc5ccncc5)ncnc43)C2)cc(OC)c1OC. The van der Waals surface area contributed by atoms with Crippen molar-refractivity contribution >= 4 is 17.0 Å². The third-order valence-corrected chi connectivity index (χ3v) is 6.44. The summed E-state index contributed by atoms with van der Waals surface area (Å²) in [6, 6.07) is 7.75. The Hall–Kier alpha value is -4.00. The van der Waals surface area contributed by atoms with Crippen LogP contribution in [0.5, 0.6) is 17.2 Å². The molecular weight excluding hydrogens is 490 g/mol. The molecular formula is C26H31N7O5. The molecule has 0 spiro atoms. The molecule has 2 N–H and O–H groups in total. The Morgan fingerprint density at radius 2 is 1.76 bits per heavy atom. The van der Waals surface area contributed by atoms with Gasteiger partial charge in [0.25, 0.3) is 0 Å². The van der Waals surface area contributed by atoms with Gasteiger partial charge in [-0.05, 0) is 35.4 Å². The summed E-state index contributed by atoms with van der Waals surface area (Å²) in [6.07, 6.45) is 5.94. The van der Waals surface area contributed by atoms with E-state index in [1.165, 1.54) is 6.33 Å². The zero-order valence-corrected chi connectivity index (χ0v) is 21.6. The van der Waals surface area contributed by atoms with E-state index in [1.807, 2.05) is 28.8 Å². The predicted molar refractivity (Wildman–Crippen MR) is 139 cm³/mol. The number of methoxy groups -OCH3 is 3. The number of hydrogen-bond acceptors (Lipinski definition) is 11. The van der Waals surface area contributed by atoms with Gasteiger partial charge >= 0.3 is 0 Å². The molecule has 0 amide bonds. The van der Waals surface area contributed by atoms with Gasteiger partial charge in [0.1, 0.15) is 12.6 Å². The van der Waals surface area contributed by atoms with Crippen molar-refractivity contribution in [1.82, 2.24) is 29.4 Å². The Balaban J connectivity index is 1.37. The topological polar surface area (TPSA) is 129 Å². The zero-order chi connectivity index (χ0) is 26.5. The van der Waals surface area contributed by atoms with Gasteiger partial charge in [-0.25, -0.2) is 15.0 Å². The average molecular weight is 522 g/mol. The second-order valence-corrected chi connectivity index (χ2v) is 8.88. The molecule has 0 bridgehead atoms. The first-order valence-corrected chi connectivity index (χ1v) is 12.2. The Labute approximate surface area is 220 Å². The monoisotopic (exact) mass is 521 g/mol. The molecule has 2 atom stereocenters. The lowest BCUT2D eigenvalue weighted by molar-refractivity contribution is -0.135. The first-order chi connectivity index (χ1) is 18.6. The standard InChI is InChI=1S/C26H31N7O5/c1-35-20-8-18(9-21(36-2)24(20)37-3)11-32-12-19(14-34)38-22(13-32)33-16-31-23-25(29-15-30-26(23)33)28-10-17-4-6-27-7-5-17/h4-9,15-16,19,22,34H,10-14H2,1-3H3,(H,28,29,30)/t19-,22+/m0/s1. The fourth-order valence-electron chi connectivity index (χ4n) is 4.64. The van der Waals surface area contributed by atoms with Crippen LogP contribution >= 0.6 is 0 Å². The number of aromatic nitrogens is 5. The molecule has 3 aromatic heterocycles. The first-order valence-electron chi connectivity index (χ1n) is 12.2. The molecule has 0 unspecified atom stereocenters. The van der Waals surface area contributed by atoms with Crippen molar-refractivity contribution in [2.45, 2.75) is 25.4 Å². The molecule has 5 rings (SSSR count). The van der Waals surface area contributed by atoms with E-state index in [1.54, 1.807) is 40.1 Å². The molecule has 12 heteroatoms. The van der Waals surface area contributed by atoms with E-state index in [0.717, 1.165) is 11.1 Å². The number of nitrogens with one attached hydrogen (secondary N) is 1. The number of morpholine rings is 1. The van der Waals surface area contributed by atoms with Crippen LogP contribution in [0.1, 0.15) is 17.4 Å². The third kappa shape index (κ3) is 5.32. The highest BCUT2D eigenvalue weighted by atomic mass is 16.5. The summed E-state index contributed by atoms with van der Waals surface area (Å²) in [6.45, 7) is 2.18. The van der Waals surface area contributed by atoms with Crippen LogP contribution in [-0.4, -0.2) is 81.6 Å². The molecule has 1 aliphatic heterocycles. The minimum absolute atomic E-state index is 0.109. The lowest BCUT2D eigenvalue weighted by Gasteiger charge is -2.38. The molecule has 38 heavy (non-hydrogen) atoms. The highest BCUT2D eigenvalue weighted by Crippen LogP contribution is 2.39. The van der Waals surface area contributed by atoms with Crippen LogP contribution < -0.4 is 19.5 Å². The van der Waals surface area contributed by atoms with Gasteiger partial charge in [0.15, 0.2) is 28.5 Å². The number of benzene rings is 1. The maximum Gasteiger partial charge on any atom is 0.203 e. The number of pyridine rings is 1. The van der Waals surface area contributed by atoms with Gasteiger partial charge in [-0.1, -0.05) is 0 Å². The number of anilines is 1. The molecule has 4 aromatic rings. The van der Waals surface area contributed by atoms with Gasteiger partial charge in [0, 0.05) is 38.6 Å². The average Bonchev–Trinajstić information content (AvgIpc) is 3.40. The lowest BCUT2D eigenvalue weighted by atomic mass is 10.1. The molecule has 1 saturated heterocycles. The summed E-state index contributed by atoms with van der Waals surface area (Å²) in [4.78, 5) is 19.7. The summed E-state index contributed by atoms with van der Waals surface area (Å²) in [5.41, 5.74) is 3.35. The number of hydrogen-bond donors (Lipinski definition) is 2. The van der Waals surface area contributed by atoms with Crippen molar-refractivity contribution in [3.63, 3.8) is 0 Å². The van der Waals surface area contributed by atoms with Gasteiger partial charge in [-0.15, -0.1) is 0 Å². The van der Waals surface area contributed by atoms with Gasteiger partial charge in [-0.3, -0.25) is 14.5 Å². The van der Waals surface area contributed by atoms with Crippen LogP contribution in [0.25, 0.3) is 11.2 Å². The molecule has 0 saturated carbocycles. The second-order valence-electron chi connectivity index (χ2n) is 8.88. The number of imidazole rings is 1. The molecule has 200 valence electrons. The highest BCUT2D eigenvalue weighted by Gasteiger charge is 2.30. The predicted octanol–water partition coefficient (Wildman–Crippen LogP) is 2.25. The molecule has 4 heterocycles. The molecule has 1 aromatic carbocycles. The fourth-order valence-corrected chi connectivity index (χ4v) is 4.64. The van der Waals surface area contributed by atoms with Gasteiger partial charge < -0.3 is 29.4 Å². The van der Waals surface area contributed by atoms with Crippen molar-refractivity contribution in [1.29, 1.82) is 0 Å². The molecule has 1 aliphatic rings. The smallest absolute Gasteiger partial charge is 0.203 e. The van der Waals surface area contributed by atoms with Crippen LogP contribution in [0.4, 0.5) is 5.82 Å². The molecule has 0 radical (unpaired) electrons. The van der Waals surface area contributed by atoms with E-state index >= 15 is 0 Å². The van der Waals surface area contributed by atoms with Crippen molar-refractivity contribution in [2.24, 2.45) is 0 Å². The van der Waals surface area contributed by atoms with Crippen molar-refractivity contribution in [2.75, 3.05) is 46.3 Å². The van der Waals surface area contributed by atoms with E-state index in [0.29, 0.717) is 60.4 Å². The van der Waals surface area contributed by atoms with E-state index in [9.17, 15) is 5.11 Å². The zero-order valence-electron chi connectivity index (χ0n) is 21.6. The molecule has 0 aliphatic carbocycles. The Bertz CT molecular complexity index is 1340. The van der Waals surface area contributed by atoms with Crippen molar-refractivity contribution in [3.05, 3.63) is 60.4 Å². The minimum atomic E-state index is -0.407. The first kappa shape index (κ1) is 25.6. The quantitative estimate of drug-likeness (QED) is 0.319. The molecule has 1 fully saturated rings.